The summed E-state index contributed by atoms with van der Waals surface area (Å²) in [5, 5.41) is 2.39. The lowest BCUT2D eigenvalue weighted by Gasteiger charge is -2.11. The van der Waals surface area contributed by atoms with E-state index >= 15 is 0 Å². The zero-order chi connectivity index (χ0) is 12.8. The first-order valence-electron chi connectivity index (χ1n) is 5.80. The molecule has 0 spiro atoms. The molecule has 0 aromatic heterocycles. The van der Waals surface area contributed by atoms with E-state index in [2.05, 4.69) is 37.4 Å². The molecule has 0 amide bonds. The van der Waals surface area contributed by atoms with Crippen LogP contribution in [0.25, 0.3) is 10.8 Å². The molecule has 18 heavy (non-hydrogen) atoms. The lowest BCUT2D eigenvalue weighted by Crippen LogP contribution is -1.97. The standard InChI is InChI=1S/C16H16O2/c1-3-17-11-15-9-13-7-5-6-8-14(13)10-16(15)12-18-4-2/h3-10H,1-2,11-12H2. The highest BCUT2D eigenvalue weighted by Crippen LogP contribution is 2.21. The van der Waals surface area contributed by atoms with Gasteiger partial charge in [0.2, 0.25) is 0 Å². The van der Waals surface area contributed by atoms with Crippen LogP contribution in [0.1, 0.15) is 11.1 Å². The number of benzene rings is 2. The molecule has 0 aliphatic heterocycles. The van der Waals surface area contributed by atoms with E-state index in [9.17, 15) is 0 Å². The molecular formula is C16H16O2. The highest BCUT2D eigenvalue weighted by molar-refractivity contribution is 5.84. The van der Waals surface area contributed by atoms with Gasteiger partial charge in [0.1, 0.15) is 13.2 Å². The zero-order valence-corrected chi connectivity index (χ0v) is 10.3. The fourth-order valence-electron chi connectivity index (χ4n) is 1.90. The van der Waals surface area contributed by atoms with Gasteiger partial charge in [-0.15, -0.1) is 0 Å². The molecule has 2 nitrogen and oxygen atoms in total. The first kappa shape index (κ1) is 12.2. The van der Waals surface area contributed by atoms with Crippen LogP contribution in [0.5, 0.6) is 0 Å². The van der Waals surface area contributed by atoms with Crippen LogP contribution in [-0.2, 0) is 22.7 Å². The van der Waals surface area contributed by atoms with Gasteiger partial charge in [0, 0.05) is 0 Å². The van der Waals surface area contributed by atoms with Crippen LogP contribution in [0.3, 0.4) is 0 Å². The van der Waals surface area contributed by atoms with Gasteiger partial charge >= 0.3 is 0 Å². The minimum Gasteiger partial charge on any atom is -0.497 e. The molecule has 0 fully saturated rings. The first-order chi connectivity index (χ1) is 8.85. The molecule has 0 aliphatic carbocycles. The van der Waals surface area contributed by atoms with Crippen LogP contribution in [-0.4, -0.2) is 0 Å². The Balaban J connectivity index is 2.41. The number of fused-ring (bicyclic) bond motifs is 1. The van der Waals surface area contributed by atoms with E-state index in [0.29, 0.717) is 13.2 Å². The van der Waals surface area contributed by atoms with Gasteiger partial charge < -0.3 is 9.47 Å². The van der Waals surface area contributed by atoms with E-state index in [1.54, 1.807) is 0 Å². The summed E-state index contributed by atoms with van der Waals surface area (Å²) < 4.78 is 10.5. The third kappa shape index (κ3) is 2.72. The topological polar surface area (TPSA) is 18.5 Å². The number of ether oxygens (including phenoxy) is 2. The van der Waals surface area contributed by atoms with Crippen molar-refractivity contribution in [2.75, 3.05) is 0 Å². The maximum Gasteiger partial charge on any atom is 0.113 e. The first-order valence-corrected chi connectivity index (χ1v) is 5.80. The fraction of sp³-hybridized carbons (Fsp3) is 0.125. The Hall–Kier alpha value is -2.22. The van der Waals surface area contributed by atoms with Crippen molar-refractivity contribution in [2.24, 2.45) is 0 Å². The Morgan fingerprint density at radius 1 is 0.833 bits per heavy atom. The maximum atomic E-state index is 5.27. The summed E-state index contributed by atoms with van der Waals surface area (Å²) in [4.78, 5) is 0. The van der Waals surface area contributed by atoms with Crippen molar-refractivity contribution in [1.29, 1.82) is 0 Å². The van der Waals surface area contributed by atoms with E-state index in [4.69, 9.17) is 9.47 Å². The third-order valence-corrected chi connectivity index (χ3v) is 2.78. The van der Waals surface area contributed by atoms with Crippen LogP contribution in [0.4, 0.5) is 0 Å². The smallest absolute Gasteiger partial charge is 0.113 e. The summed E-state index contributed by atoms with van der Waals surface area (Å²) in [5.41, 5.74) is 2.21. The molecule has 2 rings (SSSR count). The number of rotatable bonds is 6. The van der Waals surface area contributed by atoms with Gasteiger partial charge in [-0.05, 0) is 34.0 Å². The summed E-state index contributed by atoms with van der Waals surface area (Å²) in [7, 11) is 0. The molecule has 0 bridgehead atoms. The number of hydrogen-bond donors (Lipinski definition) is 0. The van der Waals surface area contributed by atoms with Gasteiger partial charge in [0.15, 0.2) is 0 Å². The summed E-state index contributed by atoms with van der Waals surface area (Å²) in [6, 6.07) is 12.5. The second-order valence-electron chi connectivity index (χ2n) is 3.92. The maximum absolute atomic E-state index is 5.27. The van der Waals surface area contributed by atoms with Gasteiger partial charge in [-0.3, -0.25) is 0 Å². The van der Waals surface area contributed by atoms with Gasteiger partial charge in [-0.2, -0.15) is 0 Å². The molecule has 92 valence electrons. The molecule has 2 heteroatoms. The summed E-state index contributed by atoms with van der Waals surface area (Å²) >= 11 is 0. The van der Waals surface area contributed by atoms with Gasteiger partial charge in [-0.1, -0.05) is 37.4 Å². The fourth-order valence-corrected chi connectivity index (χ4v) is 1.90. The monoisotopic (exact) mass is 240 g/mol. The minimum atomic E-state index is 0.504. The molecule has 2 aromatic carbocycles. The van der Waals surface area contributed by atoms with E-state index in [1.165, 1.54) is 23.3 Å². The second kappa shape index (κ2) is 5.92. The Bertz CT molecular complexity index is 508. The molecular weight excluding hydrogens is 224 g/mol. The van der Waals surface area contributed by atoms with Crippen molar-refractivity contribution in [3.63, 3.8) is 0 Å². The van der Waals surface area contributed by atoms with Crippen molar-refractivity contribution in [3.05, 3.63) is 73.2 Å². The SMILES string of the molecule is C=COCc1cc2ccccc2cc1COC=C. The zero-order valence-electron chi connectivity index (χ0n) is 10.3. The third-order valence-electron chi connectivity index (χ3n) is 2.78. The molecule has 2 aromatic rings. The molecule has 0 radical (unpaired) electrons. The van der Waals surface area contributed by atoms with Gasteiger partial charge in [-0.25, -0.2) is 0 Å². The Labute approximate surface area is 107 Å². The lowest BCUT2D eigenvalue weighted by atomic mass is 10.0. The molecule has 0 N–H and O–H groups in total. The summed E-state index contributed by atoms with van der Waals surface area (Å²) in [5.74, 6) is 0. The predicted molar refractivity (Wildman–Crippen MR) is 73.9 cm³/mol. The van der Waals surface area contributed by atoms with Crippen molar-refractivity contribution in [1.82, 2.24) is 0 Å². The van der Waals surface area contributed by atoms with Crippen molar-refractivity contribution < 1.29 is 9.47 Å². The summed E-state index contributed by atoms with van der Waals surface area (Å²) in [6.07, 6.45) is 2.90. The van der Waals surface area contributed by atoms with E-state index in [0.717, 1.165) is 11.1 Å². The molecule has 0 unspecified atom stereocenters. The number of hydrogen-bond acceptors (Lipinski definition) is 2. The quantitative estimate of drug-likeness (QED) is 0.706. The average Bonchev–Trinajstić information content (AvgIpc) is 2.42. The largest absolute Gasteiger partial charge is 0.497 e. The lowest BCUT2D eigenvalue weighted by molar-refractivity contribution is 0.219. The molecule has 0 atom stereocenters. The normalized spacial score (nSPS) is 10.0. The molecule has 0 saturated carbocycles. The van der Waals surface area contributed by atoms with Crippen molar-refractivity contribution >= 4 is 10.8 Å². The Morgan fingerprint density at radius 2 is 1.28 bits per heavy atom. The Morgan fingerprint density at radius 3 is 1.67 bits per heavy atom. The van der Waals surface area contributed by atoms with Crippen molar-refractivity contribution in [3.8, 4) is 0 Å². The van der Waals surface area contributed by atoms with E-state index in [1.807, 2.05) is 12.1 Å². The van der Waals surface area contributed by atoms with Crippen LogP contribution < -0.4 is 0 Å². The van der Waals surface area contributed by atoms with Gasteiger partial charge in [0.25, 0.3) is 0 Å². The average molecular weight is 240 g/mol. The molecule has 0 aliphatic rings. The second-order valence-corrected chi connectivity index (χ2v) is 3.92. The predicted octanol–water partition coefficient (Wildman–Crippen LogP) is 4.16. The van der Waals surface area contributed by atoms with Crippen LogP contribution >= 0.6 is 0 Å². The Kier molecular flexibility index (Phi) is 4.02. The molecule has 0 heterocycles. The highest BCUT2D eigenvalue weighted by Gasteiger charge is 2.05. The molecule has 0 saturated heterocycles. The van der Waals surface area contributed by atoms with Crippen LogP contribution in [0.2, 0.25) is 0 Å². The summed E-state index contributed by atoms with van der Waals surface area (Å²) in [6.45, 7) is 8.13. The van der Waals surface area contributed by atoms with E-state index in [-0.39, 0.29) is 0 Å². The van der Waals surface area contributed by atoms with Crippen LogP contribution in [0.15, 0.2) is 62.1 Å². The van der Waals surface area contributed by atoms with E-state index < -0.39 is 0 Å². The van der Waals surface area contributed by atoms with Crippen LogP contribution in [0, 0.1) is 0 Å². The minimum absolute atomic E-state index is 0.504. The van der Waals surface area contributed by atoms with Crippen molar-refractivity contribution in [2.45, 2.75) is 13.2 Å². The highest BCUT2D eigenvalue weighted by atomic mass is 16.5. The van der Waals surface area contributed by atoms with Gasteiger partial charge in [0.05, 0.1) is 12.5 Å².